The summed E-state index contributed by atoms with van der Waals surface area (Å²) in [6.07, 6.45) is 0.937. The summed E-state index contributed by atoms with van der Waals surface area (Å²) in [7, 11) is 1.69. The Bertz CT molecular complexity index is 290. The summed E-state index contributed by atoms with van der Waals surface area (Å²) in [5, 5.41) is 11.0. The zero-order valence-corrected chi connectivity index (χ0v) is 8.87. The molecular weight excluding hydrogens is 180 g/mol. The average Bonchev–Trinajstić information content (AvgIpc) is 2.18. The van der Waals surface area contributed by atoms with E-state index in [4.69, 9.17) is 4.74 Å². The SMILES string of the molecule is COCCCNc1nnc(C)c(C)n1. The van der Waals surface area contributed by atoms with Crippen LogP contribution in [0.1, 0.15) is 17.8 Å². The Morgan fingerprint density at radius 2 is 2.00 bits per heavy atom. The van der Waals surface area contributed by atoms with Crippen molar-refractivity contribution >= 4 is 5.95 Å². The van der Waals surface area contributed by atoms with Gasteiger partial charge >= 0.3 is 0 Å². The molecule has 5 heteroatoms. The quantitative estimate of drug-likeness (QED) is 0.710. The molecule has 14 heavy (non-hydrogen) atoms. The van der Waals surface area contributed by atoms with Crippen LogP contribution in [0.4, 0.5) is 5.95 Å². The van der Waals surface area contributed by atoms with E-state index in [0.717, 1.165) is 31.0 Å². The lowest BCUT2D eigenvalue weighted by molar-refractivity contribution is 0.197. The molecule has 1 N–H and O–H groups in total. The topological polar surface area (TPSA) is 59.9 Å². The van der Waals surface area contributed by atoms with E-state index in [1.165, 1.54) is 0 Å². The van der Waals surface area contributed by atoms with Gasteiger partial charge in [-0.15, -0.1) is 5.10 Å². The number of aromatic nitrogens is 3. The van der Waals surface area contributed by atoms with Crippen LogP contribution in [0.15, 0.2) is 0 Å². The molecule has 0 saturated carbocycles. The van der Waals surface area contributed by atoms with Gasteiger partial charge in [-0.3, -0.25) is 0 Å². The molecule has 5 nitrogen and oxygen atoms in total. The number of anilines is 1. The highest BCUT2D eigenvalue weighted by Gasteiger charge is 1.99. The fourth-order valence-corrected chi connectivity index (χ4v) is 0.948. The van der Waals surface area contributed by atoms with E-state index in [2.05, 4.69) is 20.5 Å². The first-order chi connectivity index (χ1) is 6.74. The summed E-state index contributed by atoms with van der Waals surface area (Å²) in [6, 6.07) is 0. The molecule has 0 aliphatic carbocycles. The van der Waals surface area contributed by atoms with E-state index < -0.39 is 0 Å². The fraction of sp³-hybridized carbons (Fsp3) is 0.667. The third-order valence-electron chi connectivity index (χ3n) is 1.90. The lowest BCUT2D eigenvalue weighted by Gasteiger charge is -2.04. The second kappa shape index (κ2) is 5.49. The van der Waals surface area contributed by atoms with Crippen molar-refractivity contribution < 1.29 is 4.74 Å². The molecule has 78 valence electrons. The maximum atomic E-state index is 4.93. The van der Waals surface area contributed by atoms with Crippen LogP contribution in [0.25, 0.3) is 0 Å². The van der Waals surface area contributed by atoms with E-state index in [1.807, 2.05) is 13.8 Å². The predicted molar refractivity (Wildman–Crippen MR) is 54.3 cm³/mol. The van der Waals surface area contributed by atoms with Gasteiger partial charge in [-0.1, -0.05) is 0 Å². The summed E-state index contributed by atoms with van der Waals surface area (Å²) in [5.41, 5.74) is 1.78. The molecule has 0 amide bonds. The third kappa shape index (κ3) is 3.26. The van der Waals surface area contributed by atoms with Crippen molar-refractivity contribution in [2.45, 2.75) is 20.3 Å². The van der Waals surface area contributed by atoms with Crippen molar-refractivity contribution in [1.29, 1.82) is 0 Å². The van der Waals surface area contributed by atoms with Gasteiger partial charge < -0.3 is 10.1 Å². The molecule has 1 rings (SSSR count). The highest BCUT2D eigenvalue weighted by molar-refractivity contribution is 5.24. The Morgan fingerprint density at radius 1 is 1.21 bits per heavy atom. The second-order valence-corrected chi connectivity index (χ2v) is 3.08. The number of nitrogens with zero attached hydrogens (tertiary/aromatic N) is 3. The molecule has 1 aromatic rings. The van der Waals surface area contributed by atoms with Crippen LogP contribution in [0.3, 0.4) is 0 Å². The Balaban J connectivity index is 2.39. The van der Waals surface area contributed by atoms with Crippen molar-refractivity contribution in [2.24, 2.45) is 0 Å². The maximum Gasteiger partial charge on any atom is 0.242 e. The first-order valence-electron chi connectivity index (χ1n) is 4.64. The van der Waals surface area contributed by atoms with Crippen LogP contribution in [-0.2, 0) is 4.74 Å². The molecular formula is C9H16N4O. The van der Waals surface area contributed by atoms with Gasteiger partial charge in [0.05, 0.1) is 11.4 Å². The average molecular weight is 196 g/mol. The summed E-state index contributed by atoms with van der Waals surface area (Å²) >= 11 is 0. The predicted octanol–water partition coefficient (Wildman–Crippen LogP) is 0.937. The number of aryl methyl sites for hydroxylation is 2. The summed E-state index contributed by atoms with van der Waals surface area (Å²) in [5.74, 6) is 0.587. The first-order valence-corrected chi connectivity index (χ1v) is 4.64. The Kier molecular flexibility index (Phi) is 4.25. The van der Waals surface area contributed by atoms with Crippen LogP contribution in [0.5, 0.6) is 0 Å². The van der Waals surface area contributed by atoms with Crippen LogP contribution < -0.4 is 5.32 Å². The van der Waals surface area contributed by atoms with Crippen molar-refractivity contribution in [1.82, 2.24) is 15.2 Å². The molecule has 0 unspecified atom stereocenters. The van der Waals surface area contributed by atoms with Crippen LogP contribution in [-0.4, -0.2) is 35.4 Å². The highest BCUT2D eigenvalue weighted by Crippen LogP contribution is 2.01. The van der Waals surface area contributed by atoms with Crippen LogP contribution in [0.2, 0.25) is 0 Å². The van der Waals surface area contributed by atoms with Gasteiger partial charge in [0, 0.05) is 20.3 Å². The molecule has 0 aromatic carbocycles. The molecule has 0 aliphatic heterocycles. The van der Waals surface area contributed by atoms with Gasteiger partial charge in [-0.2, -0.15) is 5.10 Å². The summed E-state index contributed by atoms with van der Waals surface area (Å²) < 4.78 is 4.93. The van der Waals surface area contributed by atoms with E-state index in [1.54, 1.807) is 7.11 Å². The fourth-order valence-electron chi connectivity index (χ4n) is 0.948. The molecule has 0 bridgehead atoms. The van der Waals surface area contributed by atoms with E-state index >= 15 is 0 Å². The Hall–Kier alpha value is -1.23. The summed E-state index contributed by atoms with van der Waals surface area (Å²) in [6.45, 7) is 5.36. The molecule has 0 atom stereocenters. The first kappa shape index (κ1) is 10.8. The highest BCUT2D eigenvalue weighted by atomic mass is 16.5. The van der Waals surface area contributed by atoms with E-state index in [-0.39, 0.29) is 0 Å². The number of hydrogen-bond donors (Lipinski definition) is 1. The number of rotatable bonds is 5. The smallest absolute Gasteiger partial charge is 0.242 e. The zero-order chi connectivity index (χ0) is 10.4. The minimum Gasteiger partial charge on any atom is -0.385 e. The molecule has 0 fully saturated rings. The number of ether oxygens (including phenoxy) is 1. The number of nitrogens with one attached hydrogen (secondary N) is 1. The summed E-state index contributed by atoms with van der Waals surface area (Å²) in [4.78, 5) is 4.24. The van der Waals surface area contributed by atoms with Crippen molar-refractivity contribution in [2.75, 3.05) is 25.6 Å². The normalized spacial score (nSPS) is 10.2. The lowest BCUT2D eigenvalue weighted by Crippen LogP contribution is -2.09. The molecule has 1 aromatic heterocycles. The molecule has 0 saturated heterocycles. The zero-order valence-electron chi connectivity index (χ0n) is 8.87. The number of hydrogen-bond acceptors (Lipinski definition) is 5. The van der Waals surface area contributed by atoms with Crippen molar-refractivity contribution in [3.05, 3.63) is 11.4 Å². The number of methoxy groups -OCH3 is 1. The standard InChI is InChI=1S/C9H16N4O/c1-7-8(2)12-13-9(11-7)10-5-4-6-14-3/h4-6H2,1-3H3,(H,10,11,13). The Morgan fingerprint density at radius 3 is 2.64 bits per heavy atom. The largest absolute Gasteiger partial charge is 0.385 e. The molecule has 0 aliphatic rings. The third-order valence-corrected chi connectivity index (χ3v) is 1.90. The Labute approximate surface area is 83.9 Å². The minimum atomic E-state index is 0.587. The van der Waals surface area contributed by atoms with Gasteiger partial charge in [0.25, 0.3) is 0 Å². The van der Waals surface area contributed by atoms with Gasteiger partial charge in [0.1, 0.15) is 0 Å². The van der Waals surface area contributed by atoms with Crippen molar-refractivity contribution in [3.8, 4) is 0 Å². The van der Waals surface area contributed by atoms with Gasteiger partial charge in [-0.05, 0) is 20.3 Å². The second-order valence-electron chi connectivity index (χ2n) is 3.08. The minimum absolute atomic E-state index is 0.587. The maximum absolute atomic E-state index is 4.93. The van der Waals surface area contributed by atoms with Crippen molar-refractivity contribution in [3.63, 3.8) is 0 Å². The van der Waals surface area contributed by atoms with E-state index in [9.17, 15) is 0 Å². The monoisotopic (exact) mass is 196 g/mol. The van der Waals surface area contributed by atoms with E-state index in [0.29, 0.717) is 5.95 Å². The van der Waals surface area contributed by atoms with Crippen LogP contribution in [0, 0.1) is 13.8 Å². The van der Waals surface area contributed by atoms with Gasteiger partial charge in [0.15, 0.2) is 0 Å². The lowest BCUT2D eigenvalue weighted by atomic mass is 10.4. The molecule has 0 radical (unpaired) electrons. The molecule has 0 spiro atoms. The molecule has 1 heterocycles. The van der Waals surface area contributed by atoms with Gasteiger partial charge in [0.2, 0.25) is 5.95 Å². The van der Waals surface area contributed by atoms with Gasteiger partial charge in [-0.25, -0.2) is 4.98 Å². The van der Waals surface area contributed by atoms with Crippen LogP contribution >= 0.6 is 0 Å².